The first kappa shape index (κ1) is 18.7. The largest absolute Gasteiger partial charge is 0.341 e. The van der Waals surface area contributed by atoms with E-state index in [0.717, 1.165) is 5.56 Å². The molecule has 0 radical (unpaired) electrons. The minimum absolute atomic E-state index is 0.126. The molecule has 0 saturated carbocycles. The lowest BCUT2D eigenvalue weighted by atomic mass is 10.2. The van der Waals surface area contributed by atoms with Gasteiger partial charge in [-0.1, -0.05) is 30.0 Å². The number of hydrogen-bond acceptors (Lipinski definition) is 3. The normalized spacial score (nSPS) is 10.8. The molecule has 0 fully saturated rings. The van der Waals surface area contributed by atoms with Crippen molar-refractivity contribution in [1.82, 2.24) is 10.0 Å². The predicted molar refractivity (Wildman–Crippen MR) is 97.6 cm³/mol. The van der Waals surface area contributed by atoms with Crippen molar-refractivity contribution in [3.63, 3.8) is 0 Å². The van der Waals surface area contributed by atoms with E-state index in [1.807, 2.05) is 30.3 Å². The summed E-state index contributed by atoms with van der Waals surface area (Å²) in [7, 11) is -3.56. The Bertz CT molecular complexity index is 878. The Balaban J connectivity index is 1.96. The number of carbonyl (C=O) groups is 1. The van der Waals surface area contributed by atoms with Gasteiger partial charge >= 0.3 is 0 Å². The van der Waals surface area contributed by atoms with Crippen molar-refractivity contribution < 1.29 is 13.2 Å². The van der Waals surface area contributed by atoms with Gasteiger partial charge in [0.2, 0.25) is 10.0 Å². The molecule has 0 aliphatic carbocycles. The van der Waals surface area contributed by atoms with Crippen molar-refractivity contribution in [2.75, 3.05) is 6.54 Å². The van der Waals surface area contributed by atoms with Gasteiger partial charge in [-0.05, 0) is 50.2 Å². The van der Waals surface area contributed by atoms with Crippen molar-refractivity contribution in [1.29, 1.82) is 0 Å². The molecule has 0 spiro atoms. The maximum atomic E-state index is 12.1. The number of amides is 1. The number of benzene rings is 2. The molecule has 0 aliphatic heterocycles. The first-order chi connectivity index (χ1) is 11.9. The van der Waals surface area contributed by atoms with Gasteiger partial charge in [0.15, 0.2) is 0 Å². The maximum Gasteiger partial charge on any atom is 0.252 e. The van der Waals surface area contributed by atoms with Gasteiger partial charge in [-0.25, -0.2) is 13.1 Å². The van der Waals surface area contributed by atoms with Crippen molar-refractivity contribution in [2.45, 2.75) is 24.8 Å². The Morgan fingerprint density at radius 2 is 1.68 bits per heavy atom. The molecule has 25 heavy (non-hydrogen) atoms. The second-order valence-corrected chi connectivity index (χ2v) is 7.36. The number of sulfonamides is 1. The van der Waals surface area contributed by atoms with Crippen LogP contribution in [-0.2, 0) is 10.0 Å². The Kier molecular flexibility index (Phi) is 6.34. The molecule has 2 aromatic carbocycles. The highest BCUT2D eigenvalue weighted by atomic mass is 32.2. The highest BCUT2D eigenvalue weighted by Crippen LogP contribution is 2.11. The molecule has 6 heteroatoms. The standard InChI is InChI=1S/C19H20N2O3S/c1-15(2)21-25(23,24)18-12-10-17(11-13-18)19(22)20-14-6-9-16-7-4-3-5-8-16/h3-5,7-8,10-13,15,21H,14H2,1-2H3,(H,20,22). The van der Waals surface area contributed by atoms with Gasteiger partial charge in [-0.15, -0.1) is 0 Å². The minimum Gasteiger partial charge on any atom is -0.341 e. The highest BCUT2D eigenvalue weighted by Gasteiger charge is 2.15. The van der Waals surface area contributed by atoms with E-state index in [4.69, 9.17) is 0 Å². The molecule has 2 N–H and O–H groups in total. The first-order valence-electron chi connectivity index (χ1n) is 7.83. The van der Waals surface area contributed by atoms with E-state index in [2.05, 4.69) is 21.9 Å². The van der Waals surface area contributed by atoms with E-state index in [9.17, 15) is 13.2 Å². The number of rotatable bonds is 5. The SMILES string of the molecule is CC(C)NS(=O)(=O)c1ccc(C(=O)NCC#Cc2ccccc2)cc1. The summed E-state index contributed by atoms with van der Waals surface area (Å²) in [6.07, 6.45) is 0. The molecule has 0 heterocycles. The predicted octanol–water partition coefficient (Wildman–Crippen LogP) is 2.15. The van der Waals surface area contributed by atoms with E-state index < -0.39 is 10.0 Å². The van der Waals surface area contributed by atoms with Crippen LogP contribution in [0.4, 0.5) is 0 Å². The maximum absolute atomic E-state index is 12.1. The average Bonchev–Trinajstić information content (AvgIpc) is 2.58. The van der Waals surface area contributed by atoms with E-state index >= 15 is 0 Å². The first-order valence-corrected chi connectivity index (χ1v) is 9.31. The zero-order valence-corrected chi connectivity index (χ0v) is 14.9. The molecular weight excluding hydrogens is 336 g/mol. The van der Waals surface area contributed by atoms with Crippen molar-refractivity contribution in [3.8, 4) is 11.8 Å². The third-order valence-electron chi connectivity index (χ3n) is 3.16. The number of carbonyl (C=O) groups excluding carboxylic acids is 1. The molecule has 130 valence electrons. The van der Waals surface area contributed by atoms with Crippen LogP contribution >= 0.6 is 0 Å². The third kappa shape index (κ3) is 5.75. The summed E-state index contributed by atoms with van der Waals surface area (Å²) in [5.74, 6) is 5.52. The van der Waals surface area contributed by atoms with Crippen LogP contribution in [0.2, 0.25) is 0 Å². The zero-order valence-electron chi connectivity index (χ0n) is 14.1. The van der Waals surface area contributed by atoms with Gasteiger partial charge in [0.25, 0.3) is 5.91 Å². The summed E-state index contributed by atoms with van der Waals surface area (Å²) in [4.78, 5) is 12.2. The minimum atomic E-state index is -3.56. The van der Waals surface area contributed by atoms with Crippen LogP contribution in [0.1, 0.15) is 29.8 Å². The van der Waals surface area contributed by atoms with Gasteiger partial charge < -0.3 is 5.32 Å². The smallest absolute Gasteiger partial charge is 0.252 e. The van der Waals surface area contributed by atoms with E-state index in [1.165, 1.54) is 24.3 Å². The van der Waals surface area contributed by atoms with Crippen molar-refractivity contribution in [2.24, 2.45) is 0 Å². The summed E-state index contributed by atoms with van der Waals surface area (Å²) < 4.78 is 26.6. The quantitative estimate of drug-likeness (QED) is 0.806. The summed E-state index contributed by atoms with van der Waals surface area (Å²) in [5, 5.41) is 2.68. The zero-order chi connectivity index (χ0) is 18.3. The van der Waals surface area contributed by atoms with E-state index in [-0.39, 0.29) is 23.4 Å². The molecule has 0 bridgehead atoms. The third-order valence-corrected chi connectivity index (χ3v) is 4.84. The fraction of sp³-hybridized carbons (Fsp3) is 0.211. The molecule has 1 amide bonds. The molecule has 0 unspecified atom stereocenters. The second kappa shape index (κ2) is 8.47. The fourth-order valence-corrected chi connectivity index (χ4v) is 3.31. The summed E-state index contributed by atoms with van der Waals surface area (Å²) in [6, 6.07) is 15.1. The summed E-state index contributed by atoms with van der Waals surface area (Å²) in [6.45, 7) is 3.70. The Morgan fingerprint density at radius 3 is 2.28 bits per heavy atom. The monoisotopic (exact) mass is 356 g/mol. The molecule has 0 atom stereocenters. The molecule has 2 rings (SSSR count). The molecule has 0 aromatic heterocycles. The van der Waals surface area contributed by atoms with Gasteiger partial charge in [0, 0.05) is 17.2 Å². The Labute approximate surface area is 148 Å². The average molecular weight is 356 g/mol. The molecule has 2 aromatic rings. The van der Waals surface area contributed by atoms with Crippen LogP contribution in [0.5, 0.6) is 0 Å². The van der Waals surface area contributed by atoms with Gasteiger partial charge in [-0.2, -0.15) is 0 Å². The van der Waals surface area contributed by atoms with Crippen LogP contribution < -0.4 is 10.0 Å². The van der Waals surface area contributed by atoms with Crippen LogP contribution in [0, 0.1) is 11.8 Å². The second-order valence-electron chi connectivity index (χ2n) is 5.65. The van der Waals surface area contributed by atoms with E-state index in [0.29, 0.717) is 5.56 Å². The van der Waals surface area contributed by atoms with Crippen molar-refractivity contribution >= 4 is 15.9 Å². The molecular formula is C19H20N2O3S. The molecule has 0 aliphatic rings. The fourth-order valence-electron chi connectivity index (χ4n) is 2.06. The highest BCUT2D eigenvalue weighted by molar-refractivity contribution is 7.89. The summed E-state index contributed by atoms with van der Waals surface area (Å²) >= 11 is 0. The van der Waals surface area contributed by atoms with E-state index in [1.54, 1.807) is 13.8 Å². The lowest BCUT2D eigenvalue weighted by molar-refractivity contribution is 0.0958. The van der Waals surface area contributed by atoms with Crippen LogP contribution in [0.25, 0.3) is 0 Å². The molecule has 0 saturated heterocycles. The van der Waals surface area contributed by atoms with Crippen LogP contribution in [0.15, 0.2) is 59.5 Å². The van der Waals surface area contributed by atoms with Crippen LogP contribution in [-0.4, -0.2) is 26.9 Å². The summed E-state index contributed by atoms with van der Waals surface area (Å²) in [5.41, 5.74) is 1.26. The van der Waals surface area contributed by atoms with Crippen molar-refractivity contribution in [3.05, 3.63) is 65.7 Å². The van der Waals surface area contributed by atoms with Gasteiger partial charge in [0.1, 0.15) is 0 Å². The van der Waals surface area contributed by atoms with Crippen LogP contribution in [0.3, 0.4) is 0 Å². The topological polar surface area (TPSA) is 75.3 Å². The Hall–Kier alpha value is -2.62. The molecule has 5 nitrogen and oxygen atoms in total. The lowest BCUT2D eigenvalue weighted by Gasteiger charge is -2.10. The number of nitrogens with one attached hydrogen (secondary N) is 2. The van der Waals surface area contributed by atoms with Gasteiger partial charge in [-0.3, -0.25) is 4.79 Å². The number of hydrogen-bond donors (Lipinski definition) is 2. The lowest BCUT2D eigenvalue weighted by Crippen LogP contribution is -2.30. The Morgan fingerprint density at radius 1 is 1.04 bits per heavy atom. The van der Waals surface area contributed by atoms with Gasteiger partial charge in [0.05, 0.1) is 11.4 Å².